The summed E-state index contributed by atoms with van der Waals surface area (Å²) >= 11 is 0. The number of carbonyl (C=O) groups excluding carboxylic acids is 3. The second-order valence-electron chi connectivity index (χ2n) is 7.03. The van der Waals surface area contributed by atoms with Gasteiger partial charge in [-0.1, -0.05) is 70.3 Å². The largest absolute Gasteiger partial charge is 1.00 e. The van der Waals surface area contributed by atoms with Crippen LogP contribution in [-0.4, -0.2) is 56.7 Å². The number of fused-ring (bicyclic) bond motifs is 1. The van der Waals surface area contributed by atoms with Crippen molar-refractivity contribution in [3.8, 4) is 0 Å². The Morgan fingerprint density at radius 2 is 1.58 bits per heavy atom. The minimum atomic E-state index is -0.246. The monoisotopic (exact) mass is 486 g/mol. The number of amides is 2. The molecule has 2 aromatic carbocycles. The van der Waals surface area contributed by atoms with E-state index in [-0.39, 0.29) is 102 Å². The van der Waals surface area contributed by atoms with Gasteiger partial charge in [-0.25, -0.2) is 0 Å². The van der Waals surface area contributed by atoms with E-state index in [1.807, 2.05) is 55.5 Å². The van der Waals surface area contributed by atoms with Crippen LogP contribution in [0.15, 0.2) is 54.6 Å². The molecule has 1 heterocycles. The van der Waals surface area contributed by atoms with Crippen LogP contribution in [0.4, 0.5) is 0 Å². The zero-order valence-electron chi connectivity index (χ0n) is 22.7. The number of nitrogens with zero attached hydrogens (tertiary/aromatic N) is 1. The zero-order valence-corrected chi connectivity index (χ0v) is 25.6. The van der Waals surface area contributed by atoms with Gasteiger partial charge in [0.25, 0.3) is 5.91 Å². The van der Waals surface area contributed by atoms with Crippen molar-refractivity contribution in [3.63, 3.8) is 0 Å². The maximum Gasteiger partial charge on any atom is 1.00 e. The molecule has 0 saturated heterocycles. The van der Waals surface area contributed by atoms with E-state index in [4.69, 9.17) is 0 Å². The summed E-state index contributed by atoms with van der Waals surface area (Å²) in [4.78, 5) is 36.9. The fourth-order valence-corrected chi connectivity index (χ4v) is 4.73. The molecule has 33 heavy (non-hydrogen) atoms. The zero-order chi connectivity index (χ0) is 22.1. The SMILES string of the molecule is CC(c1ccccc1)N1C(=O)Cc2ccccc2C1=O.CCP(CC)CC(=O)OC.[B].[H-].[H-].[Na+].[Na+]. The van der Waals surface area contributed by atoms with E-state index < -0.39 is 0 Å². The number of imide groups is 1. The minimum Gasteiger partial charge on any atom is -1.00 e. The van der Waals surface area contributed by atoms with E-state index in [0.717, 1.165) is 23.5 Å². The summed E-state index contributed by atoms with van der Waals surface area (Å²) in [5.74, 6) is -0.395. The van der Waals surface area contributed by atoms with Crippen molar-refractivity contribution >= 4 is 34.1 Å². The summed E-state index contributed by atoms with van der Waals surface area (Å²) in [6, 6.07) is 16.7. The number of esters is 1. The van der Waals surface area contributed by atoms with Crippen molar-refractivity contribution in [2.45, 2.75) is 33.2 Å². The molecule has 2 amide bonds. The van der Waals surface area contributed by atoms with Crippen LogP contribution in [0.5, 0.6) is 0 Å². The molecule has 0 N–H and O–H groups in total. The topological polar surface area (TPSA) is 63.7 Å². The van der Waals surface area contributed by atoms with Gasteiger partial charge in [-0.3, -0.25) is 19.3 Å². The number of ether oxygens (including phenoxy) is 1. The van der Waals surface area contributed by atoms with Crippen LogP contribution in [0.3, 0.4) is 0 Å². The van der Waals surface area contributed by atoms with Crippen LogP contribution < -0.4 is 59.1 Å². The van der Waals surface area contributed by atoms with Crippen LogP contribution in [0.1, 0.15) is 51.2 Å². The number of methoxy groups -OCH3 is 1. The normalized spacial score (nSPS) is 12.7. The summed E-state index contributed by atoms with van der Waals surface area (Å²) in [5, 5.41) is 0. The third-order valence-corrected chi connectivity index (χ3v) is 7.72. The predicted octanol–water partition coefficient (Wildman–Crippen LogP) is -1.49. The Morgan fingerprint density at radius 1 is 1.03 bits per heavy atom. The first kappa shape index (κ1) is 34.7. The summed E-state index contributed by atoms with van der Waals surface area (Å²) in [6.07, 6.45) is 3.18. The van der Waals surface area contributed by atoms with Gasteiger partial charge in [0.2, 0.25) is 5.91 Å². The minimum absolute atomic E-state index is 0. The van der Waals surface area contributed by atoms with Crippen molar-refractivity contribution in [2.75, 3.05) is 25.6 Å². The van der Waals surface area contributed by atoms with Gasteiger partial charge in [0, 0.05) is 14.0 Å². The molecule has 1 unspecified atom stereocenters. The molecule has 1 aliphatic heterocycles. The van der Waals surface area contributed by atoms with Crippen molar-refractivity contribution in [2.24, 2.45) is 0 Å². The number of rotatable bonds is 6. The van der Waals surface area contributed by atoms with E-state index in [1.165, 1.54) is 12.0 Å². The Labute approximate surface area is 248 Å². The molecule has 2 aromatic rings. The standard InChI is InChI=1S/C17H15NO2.C7H15O2P.B.2Na.2H/c1-12(13-7-3-2-4-8-13)18-16(19)11-14-9-5-6-10-15(14)17(18)20;1-4-10(5-2)6-7(8)9-3;;;;;/h2-10,12H,11H2,1H3;4-6H2,1-3H3;;;;;/q;;;2*+1;2*-1. The maximum absolute atomic E-state index is 12.5. The van der Waals surface area contributed by atoms with Gasteiger partial charge in [-0.2, -0.15) is 0 Å². The molecule has 1 atom stereocenters. The Balaban J connectivity index is -0.000000283. The quantitative estimate of drug-likeness (QED) is 0.216. The molecule has 5 nitrogen and oxygen atoms in total. The van der Waals surface area contributed by atoms with E-state index in [1.54, 1.807) is 6.07 Å². The number of carbonyl (C=O) groups is 3. The third-order valence-electron chi connectivity index (χ3n) is 5.22. The van der Waals surface area contributed by atoms with Gasteiger partial charge >= 0.3 is 65.1 Å². The molecule has 0 fully saturated rings. The van der Waals surface area contributed by atoms with Crippen LogP contribution in [0.2, 0.25) is 0 Å². The van der Waals surface area contributed by atoms with E-state index in [9.17, 15) is 14.4 Å². The average Bonchev–Trinajstić information content (AvgIpc) is 2.78. The van der Waals surface area contributed by atoms with Gasteiger partial charge in [0.1, 0.15) is 0 Å². The molecule has 0 bridgehead atoms. The molecule has 0 spiro atoms. The summed E-state index contributed by atoms with van der Waals surface area (Å²) in [5.41, 5.74) is 2.42. The van der Waals surface area contributed by atoms with E-state index in [2.05, 4.69) is 18.6 Å². The van der Waals surface area contributed by atoms with Crippen LogP contribution in [0, 0.1) is 0 Å². The van der Waals surface area contributed by atoms with E-state index in [0.29, 0.717) is 18.1 Å². The average molecular weight is 486 g/mol. The van der Waals surface area contributed by atoms with Gasteiger partial charge in [0.05, 0.1) is 25.7 Å². The molecule has 0 aliphatic carbocycles. The molecule has 0 saturated carbocycles. The molecular weight excluding hydrogens is 454 g/mol. The molecule has 167 valence electrons. The van der Waals surface area contributed by atoms with Gasteiger partial charge in [-0.05, 0) is 36.4 Å². The van der Waals surface area contributed by atoms with E-state index >= 15 is 0 Å². The van der Waals surface area contributed by atoms with Crippen molar-refractivity contribution in [1.82, 2.24) is 4.90 Å². The van der Waals surface area contributed by atoms with Gasteiger partial charge in [0.15, 0.2) is 0 Å². The Hall–Kier alpha value is -0.455. The molecule has 0 aromatic heterocycles. The number of hydrogen-bond acceptors (Lipinski definition) is 4. The third kappa shape index (κ3) is 9.97. The predicted molar refractivity (Wildman–Crippen MR) is 129 cm³/mol. The number of hydrogen-bond donors (Lipinski definition) is 0. The first-order chi connectivity index (χ1) is 14.4. The Kier molecular flexibility index (Phi) is 18.8. The van der Waals surface area contributed by atoms with Gasteiger partial charge < -0.3 is 7.59 Å². The molecule has 3 rings (SSSR count). The van der Waals surface area contributed by atoms with Crippen LogP contribution >= 0.6 is 7.92 Å². The van der Waals surface area contributed by atoms with Crippen molar-refractivity contribution in [1.29, 1.82) is 0 Å². The molecule has 3 radical (unpaired) electrons. The second-order valence-corrected chi connectivity index (χ2v) is 9.95. The first-order valence-corrected chi connectivity index (χ1v) is 12.1. The summed E-state index contributed by atoms with van der Waals surface area (Å²) in [7, 11) is 1.37. The van der Waals surface area contributed by atoms with Crippen LogP contribution in [-0.2, 0) is 20.7 Å². The fraction of sp³-hybridized carbons (Fsp3) is 0.375. The molecule has 1 aliphatic rings. The van der Waals surface area contributed by atoms with Crippen molar-refractivity contribution in [3.05, 3.63) is 71.3 Å². The number of benzene rings is 2. The van der Waals surface area contributed by atoms with Crippen molar-refractivity contribution < 1.29 is 81.1 Å². The fourth-order valence-electron chi connectivity index (χ4n) is 3.34. The van der Waals surface area contributed by atoms with Gasteiger partial charge in [-0.15, -0.1) is 0 Å². The maximum atomic E-state index is 12.5. The second kappa shape index (κ2) is 17.9. The van der Waals surface area contributed by atoms with Crippen LogP contribution in [0.25, 0.3) is 0 Å². The molecular formula is C24H32BNNa2O4P. The molecule has 9 heteroatoms. The first-order valence-electron chi connectivity index (χ1n) is 10.2. The Morgan fingerprint density at radius 3 is 2.12 bits per heavy atom. The smallest absolute Gasteiger partial charge is 1.00 e. The Bertz CT molecular complexity index is 893. The summed E-state index contributed by atoms with van der Waals surface area (Å²) < 4.78 is 4.56. The summed E-state index contributed by atoms with van der Waals surface area (Å²) in [6.45, 7) is 6.13.